The van der Waals surface area contributed by atoms with Gasteiger partial charge in [-0.05, 0) is 18.2 Å². The maximum Gasteiger partial charge on any atom is 0.291 e. The predicted molar refractivity (Wildman–Crippen MR) is 74.7 cm³/mol. The van der Waals surface area contributed by atoms with E-state index >= 15 is 0 Å². The Kier molecular flexibility index (Phi) is 3.91. The standard InChI is InChI=1S/C11H13N5O4S/c1-15-5-4-9(14-15)7-13-21(19,20)11-3-2-8(12)6-10(11)16(17)18/h2-6,13H,7,12H2,1H3. The molecule has 0 aliphatic heterocycles. The molecular weight excluding hydrogens is 298 g/mol. The summed E-state index contributed by atoms with van der Waals surface area (Å²) in [5, 5.41) is 15.0. The molecule has 0 unspecified atom stereocenters. The minimum Gasteiger partial charge on any atom is -0.399 e. The molecule has 1 aromatic heterocycles. The van der Waals surface area contributed by atoms with Gasteiger partial charge in [0.1, 0.15) is 0 Å². The maximum absolute atomic E-state index is 12.2. The van der Waals surface area contributed by atoms with E-state index in [9.17, 15) is 18.5 Å². The van der Waals surface area contributed by atoms with Crippen LogP contribution in [0.5, 0.6) is 0 Å². The van der Waals surface area contributed by atoms with Crippen molar-refractivity contribution >= 4 is 21.4 Å². The summed E-state index contributed by atoms with van der Waals surface area (Å²) in [5.41, 5.74) is 5.49. The van der Waals surface area contributed by atoms with Crippen molar-refractivity contribution in [3.8, 4) is 0 Å². The van der Waals surface area contributed by atoms with Gasteiger partial charge in [-0.1, -0.05) is 0 Å². The number of nitro benzene ring substituents is 1. The summed E-state index contributed by atoms with van der Waals surface area (Å²) in [7, 11) is -2.34. The van der Waals surface area contributed by atoms with Gasteiger partial charge in [0.15, 0.2) is 4.90 Å². The molecule has 0 saturated heterocycles. The molecule has 0 aliphatic rings. The van der Waals surface area contributed by atoms with Gasteiger partial charge >= 0.3 is 0 Å². The summed E-state index contributed by atoms with van der Waals surface area (Å²) in [5.74, 6) is 0. The molecule has 0 saturated carbocycles. The van der Waals surface area contributed by atoms with Crippen molar-refractivity contribution in [1.29, 1.82) is 0 Å². The molecule has 2 rings (SSSR count). The highest BCUT2D eigenvalue weighted by atomic mass is 32.2. The van der Waals surface area contributed by atoms with E-state index in [1.807, 2.05) is 0 Å². The fourth-order valence-electron chi connectivity index (χ4n) is 1.71. The van der Waals surface area contributed by atoms with Gasteiger partial charge in [0, 0.05) is 25.0 Å². The van der Waals surface area contributed by atoms with Crippen LogP contribution in [0.3, 0.4) is 0 Å². The molecule has 21 heavy (non-hydrogen) atoms. The summed E-state index contributed by atoms with van der Waals surface area (Å²) in [6.07, 6.45) is 1.66. The zero-order valence-electron chi connectivity index (χ0n) is 11.1. The second kappa shape index (κ2) is 5.50. The molecule has 0 radical (unpaired) electrons. The second-order valence-electron chi connectivity index (χ2n) is 4.29. The smallest absolute Gasteiger partial charge is 0.291 e. The summed E-state index contributed by atoms with van der Waals surface area (Å²) in [4.78, 5) is 9.72. The molecule has 9 nitrogen and oxygen atoms in total. The van der Waals surface area contributed by atoms with Gasteiger partial charge in [0.05, 0.1) is 17.2 Å². The van der Waals surface area contributed by atoms with Crippen molar-refractivity contribution in [2.24, 2.45) is 7.05 Å². The minimum atomic E-state index is -4.04. The molecule has 0 atom stereocenters. The molecule has 0 bridgehead atoms. The third-order valence-electron chi connectivity index (χ3n) is 2.68. The highest BCUT2D eigenvalue weighted by Crippen LogP contribution is 2.25. The van der Waals surface area contributed by atoms with Crippen molar-refractivity contribution in [2.75, 3.05) is 5.73 Å². The highest BCUT2D eigenvalue weighted by Gasteiger charge is 2.25. The Labute approximate surface area is 120 Å². The fourth-order valence-corrected chi connectivity index (χ4v) is 2.86. The molecule has 1 aromatic carbocycles. The lowest BCUT2D eigenvalue weighted by molar-refractivity contribution is -0.387. The average Bonchev–Trinajstić information content (AvgIpc) is 2.82. The number of nitro groups is 1. The van der Waals surface area contributed by atoms with E-state index < -0.39 is 25.5 Å². The third-order valence-corrected chi connectivity index (χ3v) is 4.13. The number of rotatable bonds is 5. The number of aromatic nitrogens is 2. The van der Waals surface area contributed by atoms with Crippen LogP contribution in [0.2, 0.25) is 0 Å². The van der Waals surface area contributed by atoms with E-state index in [-0.39, 0.29) is 12.2 Å². The largest absolute Gasteiger partial charge is 0.399 e. The molecule has 0 fully saturated rings. The number of sulfonamides is 1. The van der Waals surface area contributed by atoms with Crippen LogP contribution in [0.25, 0.3) is 0 Å². The van der Waals surface area contributed by atoms with Crippen LogP contribution in [0.15, 0.2) is 35.4 Å². The Bertz CT molecular complexity index is 784. The van der Waals surface area contributed by atoms with Crippen molar-refractivity contribution < 1.29 is 13.3 Å². The zero-order valence-corrected chi connectivity index (χ0v) is 11.9. The van der Waals surface area contributed by atoms with Crippen LogP contribution in [-0.4, -0.2) is 23.1 Å². The Morgan fingerprint density at radius 1 is 1.43 bits per heavy atom. The first-order chi connectivity index (χ1) is 9.79. The zero-order chi connectivity index (χ0) is 15.6. The second-order valence-corrected chi connectivity index (χ2v) is 6.02. The number of aryl methyl sites for hydroxylation is 1. The van der Waals surface area contributed by atoms with Crippen LogP contribution < -0.4 is 10.5 Å². The molecule has 10 heteroatoms. The SMILES string of the molecule is Cn1ccc(CNS(=O)(=O)c2ccc(N)cc2[N+](=O)[O-])n1. The van der Waals surface area contributed by atoms with E-state index in [1.165, 1.54) is 10.7 Å². The number of nitrogens with zero attached hydrogens (tertiary/aromatic N) is 3. The third kappa shape index (κ3) is 3.35. The summed E-state index contributed by atoms with van der Waals surface area (Å²) in [6.45, 7) is -0.0648. The number of benzene rings is 1. The summed E-state index contributed by atoms with van der Waals surface area (Å²) >= 11 is 0. The minimum absolute atomic E-state index is 0.0648. The summed E-state index contributed by atoms with van der Waals surface area (Å²) in [6, 6.07) is 5.05. The van der Waals surface area contributed by atoms with Gasteiger partial charge in [0.25, 0.3) is 5.69 Å². The maximum atomic E-state index is 12.2. The average molecular weight is 311 g/mol. The van der Waals surface area contributed by atoms with Crippen LogP contribution in [0, 0.1) is 10.1 Å². The van der Waals surface area contributed by atoms with Crippen LogP contribution >= 0.6 is 0 Å². The van der Waals surface area contributed by atoms with Crippen LogP contribution in [0.1, 0.15) is 5.69 Å². The first-order valence-corrected chi connectivity index (χ1v) is 7.30. The van der Waals surface area contributed by atoms with E-state index in [4.69, 9.17) is 5.73 Å². The lowest BCUT2D eigenvalue weighted by Gasteiger charge is -2.06. The number of nitrogens with one attached hydrogen (secondary N) is 1. The first kappa shape index (κ1) is 14.9. The monoisotopic (exact) mass is 311 g/mol. The normalized spacial score (nSPS) is 11.5. The molecule has 0 spiro atoms. The topological polar surface area (TPSA) is 133 Å². The quantitative estimate of drug-likeness (QED) is 0.466. The molecule has 1 heterocycles. The van der Waals surface area contributed by atoms with Gasteiger partial charge in [-0.2, -0.15) is 5.10 Å². The Morgan fingerprint density at radius 2 is 2.14 bits per heavy atom. The molecule has 0 aliphatic carbocycles. The summed E-state index contributed by atoms with van der Waals surface area (Å²) < 4.78 is 28.1. The lowest BCUT2D eigenvalue weighted by Crippen LogP contribution is -2.24. The van der Waals surface area contributed by atoms with Crippen LogP contribution in [-0.2, 0) is 23.6 Å². The van der Waals surface area contributed by atoms with Gasteiger partial charge < -0.3 is 5.73 Å². The van der Waals surface area contributed by atoms with Gasteiger partial charge in [-0.25, -0.2) is 13.1 Å². The number of nitrogen functional groups attached to an aromatic ring is 1. The highest BCUT2D eigenvalue weighted by molar-refractivity contribution is 7.89. The number of hydrogen-bond acceptors (Lipinski definition) is 6. The van der Waals surface area contributed by atoms with E-state index in [0.717, 1.165) is 12.1 Å². The van der Waals surface area contributed by atoms with Gasteiger partial charge in [0.2, 0.25) is 10.0 Å². The fraction of sp³-hybridized carbons (Fsp3) is 0.182. The molecule has 112 valence electrons. The Balaban J connectivity index is 2.29. The predicted octanol–water partition coefficient (Wildman–Crippen LogP) is 0.389. The molecule has 3 N–H and O–H groups in total. The number of anilines is 1. The van der Waals surface area contributed by atoms with Crippen LogP contribution in [0.4, 0.5) is 11.4 Å². The Morgan fingerprint density at radius 3 is 2.71 bits per heavy atom. The van der Waals surface area contributed by atoms with Gasteiger partial charge in [-0.3, -0.25) is 14.8 Å². The first-order valence-electron chi connectivity index (χ1n) is 5.82. The number of hydrogen-bond donors (Lipinski definition) is 2. The van der Waals surface area contributed by atoms with Crippen molar-refractivity contribution in [3.63, 3.8) is 0 Å². The Hall–Kier alpha value is -2.46. The van der Waals surface area contributed by atoms with E-state index in [1.54, 1.807) is 19.3 Å². The van der Waals surface area contributed by atoms with E-state index in [2.05, 4.69) is 9.82 Å². The van der Waals surface area contributed by atoms with Crippen molar-refractivity contribution in [3.05, 3.63) is 46.3 Å². The molecule has 2 aromatic rings. The van der Waals surface area contributed by atoms with E-state index in [0.29, 0.717) is 5.69 Å². The van der Waals surface area contributed by atoms with Crippen molar-refractivity contribution in [1.82, 2.24) is 14.5 Å². The van der Waals surface area contributed by atoms with Gasteiger partial charge in [-0.15, -0.1) is 0 Å². The number of nitrogens with two attached hydrogens (primary N) is 1. The molecule has 0 amide bonds. The van der Waals surface area contributed by atoms with Crippen molar-refractivity contribution in [2.45, 2.75) is 11.4 Å². The molecular formula is C11H13N5O4S. The lowest BCUT2D eigenvalue weighted by atomic mass is 10.3.